The van der Waals surface area contributed by atoms with Crippen molar-refractivity contribution in [1.29, 1.82) is 0 Å². The first-order valence-electron chi connectivity index (χ1n) is 5.94. The van der Waals surface area contributed by atoms with E-state index in [4.69, 9.17) is 0 Å². The van der Waals surface area contributed by atoms with Gasteiger partial charge >= 0.3 is 0 Å². The second-order valence-electron chi connectivity index (χ2n) is 4.13. The van der Waals surface area contributed by atoms with E-state index in [0.29, 0.717) is 6.54 Å². The molecule has 4 heteroatoms. The Labute approximate surface area is 116 Å². The largest absolute Gasteiger partial charge is 0.381 e. The number of alkyl halides is 2. The minimum absolute atomic E-state index is 0.0668. The van der Waals surface area contributed by atoms with Gasteiger partial charge in [-0.05, 0) is 36.1 Å². The zero-order valence-corrected chi connectivity index (χ0v) is 11.4. The quantitative estimate of drug-likeness (QED) is 0.776. The smallest absolute Gasteiger partial charge is 0.263 e. The molecular weight excluding hydrogens is 264 g/mol. The minimum atomic E-state index is -2.42. The van der Waals surface area contributed by atoms with Crippen molar-refractivity contribution in [3.8, 4) is 0 Å². The van der Waals surface area contributed by atoms with E-state index >= 15 is 0 Å². The zero-order valence-electron chi connectivity index (χ0n) is 10.6. The van der Waals surface area contributed by atoms with Gasteiger partial charge in [0.05, 0.1) is 0 Å². The summed E-state index contributed by atoms with van der Waals surface area (Å²) >= 11 is 1.67. The highest BCUT2D eigenvalue weighted by Gasteiger charge is 2.06. The predicted octanol–water partition coefficient (Wildman–Crippen LogP) is 4.96. The molecule has 0 fully saturated rings. The molecule has 0 bridgehead atoms. The fourth-order valence-corrected chi connectivity index (χ4v) is 2.24. The monoisotopic (exact) mass is 279 g/mol. The van der Waals surface area contributed by atoms with Crippen molar-refractivity contribution in [2.45, 2.75) is 17.9 Å². The van der Waals surface area contributed by atoms with Crippen LogP contribution >= 0.6 is 11.8 Å². The van der Waals surface area contributed by atoms with Crippen molar-refractivity contribution in [2.75, 3.05) is 11.6 Å². The molecule has 0 aliphatic heterocycles. The molecule has 0 radical (unpaired) electrons. The second kappa shape index (κ2) is 6.57. The van der Waals surface area contributed by atoms with Crippen LogP contribution in [0.2, 0.25) is 0 Å². The molecule has 1 nitrogen and oxygen atoms in total. The minimum Gasteiger partial charge on any atom is -0.381 e. The normalized spacial score (nSPS) is 10.7. The average molecular weight is 279 g/mol. The molecule has 0 spiro atoms. The molecule has 0 unspecified atom stereocenters. The Kier molecular flexibility index (Phi) is 4.80. The molecule has 100 valence electrons. The van der Waals surface area contributed by atoms with E-state index in [-0.39, 0.29) is 5.56 Å². The standard InChI is InChI=1S/C15H15F2NS/c1-19-14-7-3-6-13(9-14)18-10-11-4-2-5-12(8-11)15(16)17/h2-9,15,18H,10H2,1H3. The summed E-state index contributed by atoms with van der Waals surface area (Å²) in [4.78, 5) is 1.17. The third kappa shape index (κ3) is 3.96. The fraction of sp³-hybridized carbons (Fsp3) is 0.200. The van der Waals surface area contributed by atoms with Gasteiger partial charge in [-0.2, -0.15) is 0 Å². The molecule has 0 amide bonds. The van der Waals surface area contributed by atoms with Crippen LogP contribution in [0.3, 0.4) is 0 Å². The Hall–Kier alpha value is -1.55. The van der Waals surface area contributed by atoms with Crippen molar-refractivity contribution in [2.24, 2.45) is 0 Å². The van der Waals surface area contributed by atoms with E-state index < -0.39 is 6.43 Å². The SMILES string of the molecule is CSc1cccc(NCc2cccc(C(F)F)c2)c1. The first-order valence-corrected chi connectivity index (χ1v) is 7.16. The lowest BCUT2D eigenvalue weighted by Gasteiger charge is -2.09. The van der Waals surface area contributed by atoms with Crippen LogP contribution in [0, 0.1) is 0 Å². The van der Waals surface area contributed by atoms with E-state index in [9.17, 15) is 8.78 Å². The first-order chi connectivity index (χ1) is 9.19. The lowest BCUT2D eigenvalue weighted by molar-refractivity contribution is 0.151. The van der Waals surface area contributed by atoms with Gasteiger partial charge in [-0.1, -0.05) is 24.3 Å². The van der Waals surface area contributed by atoms with Crippen LogP contribution in [0.1, 0.15) is 17.6 Å². The molecule has 0 aliphatic carbocycles. The van der Waals surface area contributed by atoms with Gasteiger partial charge in [0.25, 0.3) is 6.43 Å². The fourth-order valence-electron chi connectivity index (χ4n) is 1.78. The van der Waals surface area contributed by atoms with Crippen LogP contribution in [-0.2, 0) is 6.54 Å². The summed E-state index contributed by atoms with van der Waals surface area (Å²) in [6.45, 7) is 0.540. The van der Waals surface area contributed by atoms with Gasteiger partial charge in [0.1, 0.15) is 0 Å². The van der Waals surface area contributed by atoms with Crippen molar-refractivity contribution < 1.29 is 8.78 Å². The molecular formula is C15H15F2NS. The summed E-state index contributed by atoms with van der Waals surface area (Å²) in [7, 11) is 0. The lowest BCUT2D eigenvalue weighted by atomic mass is 10.1. The number of anilines is 1. The van der Waals surface area contributed by atoms with E-state index in [1.807, 2.05) is 36.6 Å². The number of hydrogen-bond donors (Lipinski definition) is 1. The molecule has 19 heavy (non-hydrogen) atoms. The van der Waals surface area contributed by atoms with E-state index in [2.05, 4.69) is 5.32 Å². The van der Waals surface area contributed by atoms with Gasteiger partial charge in [-0.3, -0.25) is 0 Å². The maximum atomic E-state index is 12.6. The van der Waals surface area contributed by atoms with E-state index in [1.165, 1.54) is 17.0 Å². The third-order valence-electron chi connectivity index (χ3n) is 2.77. The van der Waals surface area contributed by atoms with Gasteiger partial charge in [0.15, 0.2) is 0 Å². The van der Waals surface area contributed by atoms with Gasteiger partial charge in [0.2, 0.25) is 0 Å². The molecule has 2 aromatic rings. The number of benzene rings is 2. The molecule has 2 aromatic carbocycles. The van der Waals surface area contributed by atoms with Crippen LogP contribution in [0.25, 0.3) is 0 Å². The Bertz CT molecular complexity index is 543. The van der Waals surface area contributed by atoms with Crippen molar-refractivity contribution in [3.63, 3.8) is 0 Å². The van der Waals surface area contributed by atoms with Crippen molar-refractivity contribution in [1.82, 2.24) is 0 Å². The first kappa shape index (κ1) is 13.9. The van der Waals surface area contributed by atoms with Crippen LogP contribution in [0.4, 0.5) is 14.5 Å². The average Bonchev–Trinajstić information content (AvgIpc) is 2.45. The highest BCUT2D eigenvalue weighted by Crippen LogP contribution is 2.21. The summed E-state index contributed by atoms with van der Waals surface area (Å²) in [5.41, 5.74) is 1.92. The molecule has 0 aliphatic rings. The van der Waals surface area contributed by atoms with Gasteiger partial charge in [-0.25, -0.2) is 8.78 Å². The number of hydrogen-bond acceptors (Lipinski definition) is 2. The number of thioether (sulfide) groups is 1. The molecule has 0 atom stereocenters. The summed E-state index contributed by atoms with van der Waals surface area (Å²) in [5, 5.41) is 3.24. The highest BCUT2D eigenvalue weighted by molar-refractivity contribution is 7.98. The Morgan fingerprint density at radius 1 is 1.11 bits per heavy atom. The summed E-state index contributed by atoms with van der Waals surface area (Å²) in [6, 6.07) is 14.5. The maximum absolute atomic E-state index is 12.6. The Morgan fingerprint density at radius 3 is 2.63 bits per heavy atom. The molecule has 1 N–H and O–H groups in total. The highest BCUT2D eigenvalue weighted by atomic mass is 32.2. The van der Waals surface area contributed by atoms with Gasteiger partial charge < -0.3 is 5.32 Å². The molecule has 0 saturated carbocycles. The van der Waals surface area contributed by atoms with Crippen LogP contribution < -0.4 is 5.32 Å². The number of rotatable bonds is 5. The molecule has 2 rings (SSSR count). The maximum Gasteiger partial charge on any atom is 0.263 e. The summed E-state index contributed by atoms with van der Waals surface area (Å²) in [5.74, 6) is 0. The lowest BCUT2D eigenvalue weighted by Crippen LogP contribution is -2.00. The summed E-state index contributed by atoms with van der Waals surface area (Å²) in [6.07, 6.45) is -0.398. The Balaban J connectivity index is 2.03. The predicted molar refractivity (Wildman–Crippen MR) is 76.9 cm³/mol. The summed E-state index contributed by atoms with van der Waals surface area (Å²) < 4.78 is 25.2. The zero-order chi connectivity index (χ0) is 13.7. The van der Waals surface area contributed by atoms with Crippen molar-refractivity contribution >= 4 is 17.4 Å². The molecule has 0 saturated heterocycles. The van der Waals surface area contributed by atoms with E-state index in [1.54, 1.807) is 17.8 Å². The van der Waals surface area contributed by atoms with E-state index in [0.717, 1.165) is 11.3 Å². The topological polar surface area (TPSA) is 12.0 Å². The van der Waals surface area contributed by atoms with Crippen LogP contribution in [0.15, 0.2) is 53.4 Å². The van der Waals surface area contributed by atoms with Crippen LogP contribution in [-0.4, -0.2) is 6.26 Å². The molecule has 0 heterocycles. The van der Waals surface area contributed by atoms with Gasteiger partial charge in [-0.15, -0.1) is 11.8 Å². The number of halogens is 2. The second-order valence-corrected chi connectivity index (χ2v) is 5.01. The number of nitrogens with one attached hydrogen (secondary N) is 1. The molecule has 0 aromatic heterocycles. The van der Waals surface area contributed by atoms with Gasteiger partial charge in [0, 0.05) is 22.7 Å². The third-order valence-corrected chi connectivity index (χ3v) is 3.49. The van der Waals surface area contributed by atoms with Crippen LogP contribution in [0.5, 0.6) is 0 Å². The van der Waals surface area contributed by atoms with Crippen molar-refractivity contribution in [3.05, 3.63) is 59.7 Å². The Morgan fingerprint density at radius 2 is 1.89 bits per heavy atom.